The highest BCUT2D eigenvalue weighted by Gasteiger charge is 2.48. The van der Waals surface area contributed by atoms with Gasteiger partial charge in [-0.2, -0.15) is 11.3 Å². The van der Waals surface area contributed by atoms with Gasteiger partial charge in [0.1, 0.15) is 6.17 Å². The number of thiophene rings is 1. The summed E-state index contributed by atoms with van der Waals surface area (Å²) < 4.78 is 5.90. The number of rotatable bonds is 3. The molecule has 102 valence electrons. The van der Waals surface area contributed by atoms with Gasteiger partial charge in [-0.3, -0.25) is 10.1 Å². The van der Waals surface area contributed by atoms with E-state index in [4.69, 9.17) is 4.74 Å². The molecule has 2 aliphatic heterocycles. The zero-order valence-corrected chi connectivity index (χ0v) is 11.6. The first kappa shape index (κ1) is 11.9. The largest absolute Gasteiger partial charge is 0.376 e. The van der Waals surface area contributed by atoms with Crippen molar-refractivity contribution < 1.29 is 9.53 Å². The molecule has 3 heterocycles. The van der Waals surface area contributed by atoms with Gasteiger partial charge in [-0.15, -0.1) is 0 Å². The Hall–Kier alpha value is -0.910. The van der Waals surface area contributed by atoms with E-state index >= 15 is 0 Å². The number of hydrogen-bond acceptors (Lipinski definition) is 4. The number of hydrogen-bond donors (Lipinski definition) is 1. The predicted molar refractivity (Wildman–Crippen MR) is 72.8 cm³/mol. The summed E-state index contributed by atoms with van der Waals surface area (Å²) in [5, 5.41) is 7.54. The summed E-state index contributed by atoms with van der Waals surface area (Å²) in [4.78, 5) is 14.3. The number of nitrogens with zero attached hydrogens (tertiary/aromatic N) is 1. The van der Waals surface area contributed by atoms with Gasteiger partial charge in [0.25, 0.3) is 0 Å². The van der Waals surface area contributed by atoms with Crippen molar-refractivity contribution in [1.29, 1.82) is 0 Å². The van der Waals surface area contributed by atoms with Crippen LogP contribution in [0.25, 0.3) is 0 Å². The SMILES string of the molecule is O=C1CNC(c2ccsc2)N1C1CCOC1C1CC1. The smallest absolute Gasteiger partial charge is 0.238 e. The summed E-state index contributed by atoms with van der Waals surface area (Å²) in [7, 11) is 0. The van der Waals surface area contributed by atoms with Crippen molar-refractivity contribution in [2.45, 2.75) is 37.6 Å². The first-order valence-electron chi connectivity index (χ1n) is 7.03. The number of carbonyl (C=O) groups excluding carboxylic acids is 1. The first-order chi connectivity index (χ1) is 9.34. The second-order valence-electron chi connectivity index (χ2n) is 5.67. The minimum absolute atomic E-state index is 0.0479. The van der Waals surface area contributed by atoms with E-state index in [1.807, 2.05) is 0 Å². The van der Waals surface area contributed by atoms with Gasteiger partial charge in [0.2, 0.25) is 5.91 Å². The number of nitrogens with one attached hydrogen (secondary N) is 1. The molecule has 0 aromatic carbocycles. The molecular weight excluding hydrogens is 260 g/mol. The van der Waals surface area contributed by atoms with Crippen LogP contribution in [-0.4, -0.2) is 36.1 Å². The lowest BCUT2D eigenvalue weighted by Gasteiger charge is -2.33. The van der Waals surface area contributed by atoms with Crippen LogP contribution in [0.4, 0.5) is 0 Å². The summed E-state index contributed by atoms with van der Waals surface area (Å²) in [5.41, 5.74) is 1.21. The van der Waals surface area contributed by atoms with E-state index in [0.29, 0.717) is 12.5 Å². The van der Waals surface area contributed by atoms with Crippen LogP contribution < -0.4 is 5.32 Å². The number of amides is 1. The van der Waals surface area contributed by atoms with Crippen molar-refractivity contribution in [2.75, 3.05) is 13.2 Å². The highest BCUT2D eigenvalue weighted by Crippen LogP contribution is 2.42. The summed E-state index contributed by atoms with van der Waals surface area (Å²) in [6.07, 6.45) is 3.83. The van der Waals surface area contributed by atoms with Crippen LogP contribution in [0.1, 0.15) is 31.0 Å². The normalized spacial score (nSPS) is 35.3. The molecule has 1 aliphatic carbocycles. The van der Waals surface area contributed by atoms with E-state index in [2.05, 4.69) is 27.0 Å². The Morgan fingerprint density at radius 1 is 1.37 bits per heavy atom. The van der Waals surface area contributed by atoms with Crippen LogP contribution in [0.15, 0.2) is 16.8 Å². The predicted octanol–water partition coefficient (Wildman–Crippen LogP) is 1.75. The Labute approximate surface area is 116 Å². The van der Waals surface area contributed by atoms with Crippen LogP contribution in [0.2, 0.25) is 0 Å². The molecule has 4 nitrogen and oxygen atoms in total. The maximum Gasteiger partial charge on any atom is 0.238 e. The van der Waals surface area contributed by atoms with Gasteiger partial charge in [0.05, 0.1) is 18.7 Å². The molecular formula is C14H18N2O2S. The standard InChI is InChI=1S/C14H18N2O2S/c17-12-7-15-14(10-4-6-19-8-10)16(12)11-3-5-18-13(11)9-1-2-9/h4,6,8-9,11,13-15H,1-3,5,7H2. The topological polar surface area (TPSA) is 41.6 Å². The zero-order chi connectivity index (χ0) is 12.8. The fraction of sp³-hybridized carbons (Fsp3) is 0.643. The van der Waals surface area contributed by atoms with Crippen molar-refractivity contribution in [3.05, 3.63) is 22.4 Å². The summed E-state index contributed by atoms with van der Waals surface area (Å²) in [5.74, 6) is 0.904. The van der Waals surface area contributed by atoms with Gasteiger partial charge in [0.15, 0.2) is 0 Å². The van der Waals surface area contributed by atoms with Crippen molar-refractivity contribution >= 4 is 17.2 Å². The van der Waals surface area contributed by atoms with Crippen molar-refractivity contribution in [3.63, 3.8) is 0 Å². The Balaban J connectivity index is 1.61. The number of carbonyl (C=O) groups is 1. The van der Waals surface area contributed by atoms with Gasteiger partial charge < -0.3 is 9.64 Å². The van der Waals surface area contributed by atoms with Crippen molar-refractivity contribution in [1.82, 2.24) is 10.2 Å². The molecule has 0 radical (unpaired) electrons. The molecule has 0 spiro atoms. The van der Waals surface area contributed by atoms with E-state index < -0.39 is 0 Å². The highest BCUT2D eigenvalue weighted by molar-refractivity contribution is 7.07. The van der Waals surface area contributed by atoms with E-state index in [1.54, 1.807) is 11.3 Å². The molecule has 3 unspecified atom stereocenters. The second-order valence-corrected chi connectivity index (χ2v) is 6.45. The zero-order valence-electron chi connectivity index (χ0n) is 10.7. The molecule has 5 heteroatoms. The third-order valence-electron chi connectivity index (χ3n) is 4.42. The second kappa shape index (κ2) is 4.58. The minimum atomic E-state index is 0.0479. The fourth-order valence-corrected chi connectivity index (χ4v) is 4.05. The Morgan fingerprint density at radius 2 is 2.26 bits per heavy atom. The van der Waals surface area contributed by atoms with E-state index in [0.717, 1.165) is 13.0 Å². The molecule has 1 aromatic rings. The number of ether oxygens (including phenoxy) is 1. The Bertz CT molecular complexity index is 472. The molecule has 4 rings (SSSR count). The lowest BCUT2D eigenvalue weighted by atomic mass is 10.0. The first-order valence-corrected chi connectivity index (χ1v) is 7.97. The molecule has 1 aromatic heterocycles. The molecule has 3 aliphatic rings. The molecule has 1 amide bonds. The fourth-order valence-electron chi connectivity index (χ4n) is 3.38. The molecule has 3 fully saturated rings. The molecule has 1 N–H and O–H groups in total. The quantitative estimate of drug-likeness (QED) is 0.916. The van der Waals surface area contributed by atoms with Gasteiger partial charge in [-0.25, -0.2) is 0 Å². The van der Waals surface area contributed by atoms with Gasteiger partial charge in [0, 0.05) is 6.61 Å². The summed E-state index contributed by atoms with van der Waals surface area (Å²) in [6, 6.07) is 2.37. The van der Waals surface area contributed by atoms with E-state index in [1.165, 1.54) is 18.4 Å². The van der Waals surface area contributed by atoms with Gasteiger partial charge in [-0.1, -0.05) is 0 Å². The minimum Gasteiger partial charge on any atom is -0.376 e. The van der Waals surface area contributed by atoms with Crippen LogP contribution >= 0.6 is 11.3 Å². The average Bonchev–Trinajstić information content (AvgIpc) is 2.85. The third kappa shape index (κ3) is 2.00. The Morgan fingerprint density at radius 3 is 3.00 bits per heavy atom. The lowest BCUT2D eigenvalue weighted by Crippen LogP contribution is -2.44. The molecule has 0 bridgehead atoms. The van der Waals surface area contributed by atoms with E-state index in [-0.39, 0.29) is 24.2 Å². The lowest BCUT2D eigenvalue weighted by molar-refractivity contribution is -0.131. The highest BCUT2D eigenvalue weighted by atomic mass is 32.1. The van der Waals surface area contributed by atoms with Crippen LogP contribution in [0, 0.1) is 5.92 Å². The molecule has 1 saturated carbocycles. The molecule has 3 atom stereocenters. The maximum atomic E-state index is 12.3. The Kier molecular flexibility index (Phi) is 2.86. The molecule has 19 heavy (non-hydrogen) atoms. The monoisotopic (exact) mass is 278 g/mol. The third-order valence-corrected chi connectivity index (χ3v) is 5.12. The van der Waals surface area contributed by atoms with Crippen LogP contribution in [0.5, 0.6) is 0 Å². The van der Waals surface area contributed by atoms with E-state index in [9.17, 15) is 4.79 Å². The molecule has 2 saturated heterocycles. The summed E-state index contributed by atoms with van der Waals surface area (Å²) >= 11 is 1.68. The summed E-state index contributed by atoms with van der Waals surface area (Å²) in [6.45, 7) is 1.25. The van der Waals surface area contributed by atoms with Crippen LogP contribution in [-0.2, 0) is 9.53 Å². The van der Waals surface area contributed by atoms with Crippen molar-refractivity contribution in [2.24, 2.45) is 5.92 Å². The van der Waals surface area contributed by atoms with Crippen LogP contribution in [0.3, 0.4) is 0 Å². The van der Waals surface area contributed by atoms with Gasteiger partial charge in [-0.05, 0) is 47.6 Å². The maximum absolute atomic E-state index is 12.3. The average molecular weight is 278 g/mol. The van der Waals surface area contributed by atoms with Gasteiger partial charge >= 0.3 is 0 Å². The van der Waals surface area contributed by atoms with Crippen molar-refractivity contribution in [3.8, 4) is 0 Å².